The number of carbonyl (C=O) groups is 2. The normalized spacial score (nSPS) is 12.4. The van der Waals surface area contributed by atoms with Crippen LogP contribution in [-0.2, 0) is 28.8 Å². The molecule has 4 rings (SSSR count). The molecule has 0 spiro atoms. The SMILES string of the molecule is Cc1ccccc1-c1cc(CCc2ccc(Oc3ccccc3)cc2)ccc1C(=O)NC(CC[S+](C)[O-])C(=O)O. The number of hydrogen-bond donors (Lipinski definition) is 2. The van der Waals surface area contributed by atoms with Crippen molar-refractivity contribution < 1.29 is 24.0 Å². The van der Waals surface area contributed by atoms with E-state index in [9.17, 15) is 19.2 Å². The van der Waals surface area contributed by atoms with Crippen molar-refractivity contribution in [1.29, 1.82) is 0 Å². The largest absolute Gasteiger partial charge is 0.617 e. The standard InChI is InChI=1S/C33H33NO5S/c1-23-8-6-7-11-28(23)30-22-25(16-19-29(30)32(35)34-31(33(36)37)20-21-40(2)38)13-12-24-14-17-27(18-15-24)39-26-9-4-3-5-10-26/h3-11,14-19,22,31H,12-13,20-21H2,1-2H3,(H,34,35)(H,36,37). The summed E-state index contributed by atoms with van der Waals surface area (Å²) in [5.74, 6) is 0.150. The van der Waals surface area contributed by atoms with E-state index in [2.05, 4.69) is 17.4 Å². The Labute approximate surface area is 238 Å². The van der Waals surface area contributed by atoms with Crippen molar-refractivity contribution in [2.75, 3.05) is 12.0 Å². The number of carbonyl (C=O) groups excluding carboxylic acids is 1. The molecule has 0 fully saturated rings. The van der Waals surface area contributed by atoms with Gasteiger partial charge in [0, 0.05) is 12.0 Å². The molecule has 0 aromatic heterocycles. The van der Waals surface area contributed by atoms with E-state index in [1.807, 2.05) is 85.8 Å². The summed E-state index contributed by atoms with van der Waals surface area (Å²) in [6.07, 6.45) is 3.18. The fraction of sp³-hybridized carbons (Fsp3) is 0.212. The lowest BCUT2D eigenvalue weighted by atomic mass is 9.92. The van der Waals surface area contributed by atoms with Crippen molar-refractivity contribution >= 4 is 23.1 Å². The number of benzene rings is 4. The van der Waals surface area contributed by atoms with Crippen molar-refractivity contribution in [2.45, 2.75) is 32.2 Å². The Balaban J connectivity index is 1.52. The van der Waals surface area contributed by atoms with Crippen LogP contribution in [0.5, 0.6) is 11.5 Å². The smallest absolute Gasteiger partial charge is 0.326 e. The van der Waals surface area contributed by atoms with Crippen molar-refractivity contribution in [3.63, 3.8) is 0 Å². The quantitative estimate of drug-likeness (QED) is 0.203. The van der Waals surface area contributed by atoms with Crippen LogP contribution in [0.25, 0.3) is 11.1 Å². The van der Waals surface area contributed by atoms with Gasteiger partial charge in [-0.25, -0.2) is 4.79 Å². The van der Waals surface area contributed by atoms with Crippen LogP contribution in [0.3, 0.4) is 0 Å². The molecule has 0 bridgehead atoms. The summed E-state index contributed by atoms with van der Waals surface area (Å²) in [7, 11) is 0. The van der Waals surface area contributed by atoms with Gasteiger partial charge < -0.3 is 19.7 Å². The first-order chi connectivity index (χ1) is 19.3. The summed E-state index contributed by atoms with van der Waals surface area (Å²) in [6.45, 7) is 1.99. The Morgan fingerprint density at radius 1 is 0.850 bits per heavy atom. The van der Waals surface area contributed by atoms with Crippen LogP contribution in [0.15, 0.2) is 97.1 Å². The summed E-state index contributed by atoms with van der Waals surface area (Å²) in [5, 5.41) is 12.2. The van der Waals surface area contributed by atoms with E-state index >= 15 is 0 Å². The Morgan fingerprint density at radius 3 is 2.15 bits per heavy atom. The zero-order chi connectivity index (χ0) is 28.5. The highest BCUT2D eigenvalue weighted by Crippen LogP contribution is 2.29. The maximum Gasteiger partial charge on any atom is 0.326 e. The van der Waals surface area contributed by atoms with E-state index in [0.717, 1.165) is 52.2 Å². The number of aryl methyl sites for hydroxylation is 3. The van der Waals surface area contributed by atoms with Gasteiger partial charge in [-0.2, -0.15) is 0 Å². The third-order valence-electron chi connectivity index (χ3n) is 6.67. The molecule has 0 aliphatic heterocycles. The summed E-state index contributed by atoms with van der Waals surface area (Å²) in [6, 6.07) is 30.1. The minimum absolute atomic E-state index is 0.0944. The van der Waals surface area contributed by atoms with Crippen molar-refractivity contribution in [3.8, 4) is 22.6 Å². The maximum absolute atomic E-state index is 13.3. The number of ether oxygens (including phenoxy) is 1. The predicted octanol–water partition coefficient (Wildman–Crippen LogP) is 6.19. The van der Waals surface area contributed by atoms with Gasteiger partial charge in [0.15, 0.2) is 0 Å². The summed E-state index contributed by atoms with van der Waals surface area (Å²) >= 11 is -1.15. The second-order valence-corrected chi connectivity index (χ2v) is 11.2. The first-order valence-corrected chi connectivity index (χ1v) is 14.9. The predicted molar refractivity (Wildman–Crippen MR) is 159 cm³/mol. The van der Waals surface area contributed by atoms with E-state index < -0.39 is 29.1 Å². The molecular weight excluding hydrogens is 522 g/mol. The molecule has 0 saturated heterocycles. The van der Waals surface area contributed by atoms with Gasteiger partial charge in [0.05, 0.1) is 6.26 Å². The summed E-state index contributed by atoms with van der Waals surface area (Å²) < 4.78 is 17.4. The number of rotatable bonds is 12. The summed E-state index contributed by atoms with van der Waals surface area (Å²) in [4.78, 5) is 25.1. The highest BCUT2D eigenvalue weighted by Gasteiger charge is 2.24. The lowest BCUT2D eigenvalue weighted by Crippen LogP contribution is -2.42. The number of carboxylic acids is 1. The Kier molecular flexibility index (Phi) is 10.00. The first kappa shape index (κ1) is 28.9. The van der Waals surface area contributed by atoms with Crippen molar-refractivity contribution in [3.05, 3.63) is 119 Å². The van der Waals surface area contributed by atoms with Gasteiger partial charge in [-0.3, -0.25) is 4.79 Å². The molecule has 0 aliphatic rings. The molecule has 0 heterocycles. The van der Waals surface area contributed by atoms with Gasteiger partial charge in [-0.15, -0.1) is 0 Å². The van der Waals surface area contributed by atoms with Crippen LogP contribution in [0.4, 0.5) is 0 Å². The van der Waals surface area contributed by atoms with Gasteiger partial charge in [0.2, 0.25) is 0 Å². The average molecular weight is 556 g/mol. The van der Waals surface area contributed by atoms with Crippen LogP contribution in [-0.4, -0.2) is 39.6 Å². The number of para-hydroxylation sites is 1. The zero-order valence-corrected chi connectivity index (χ0v) is 23.4. The highest BCUT2D eigenvalue weighted by atomic mass is 32.2. The molecule has 0 saturated carbocycles. The van der Waals surface area contributed by atoms with Crippen molar-refractivity contribution in [2.24, 2.45) is 0 Å². The minimum atomic E-state index is -1.15. The van der Waals surface area contributed by atoms with E-state index in [4.69, 9.17) is 4.74 Å². The minimum Gasteiger partial charge on any atom is -0.617 e. The molecule has 0 radical (unpaired) electrons. The van der Waals surface area contributed by atoms with Crippen LogP contribution in [0.2, 0.25) is 0 Å². The van der Waals surface area contributed by atoms with E-state index in [0.29, 0.717) is 5.56 Å². The molecule has 6 nitrogen and oxygen atoms in total. The lowest BCUT2D eigenvalue weighted by Gasteiger charge is -2.18. The van der Waals surface area contributed by atoms with Gasteiger partial charge in [0.1, 0.15) is 23.3 Å². The topological polar surface area (TPSA) is 98.7 Å². The molecule has 4 aromatic carbocycles. The number of carboxylic acid groups (broad SMARTS) is 1. The van der Waals surface area contributed by atoms with Gasteiger partial charge >= 0.3 is 5.97 Å². The molecule has 40 heavy (non-hydrogen) atoms. The number of nitrogens with one attached hydrogen (secondary N) is 1. The third kappa shape index (κ3) is 7.97. The number of aliphatic carboxylic acids is 1. The zero-order valence-electron chi connectivity index (χ0n) is 22.6. The van der Waals surface area contributed by atoms with E-state index in [-0.39, 0.29) is 12.2 Å². The Morgan fingerprint density at radius 2 is 1.48 bits per heavy atom. The van der Waals surface area contributed by atoms with Gasteiger partial charge in [0.25, 0.3) is 5.91 Å². The van der Waals surface area contributed by atoms with Gasteiger partial charge in [-0.05, 0) is 77.9 Å². The number of amides is 1. The van der Waals surface area contributed by atoms with Crippen LogP contribution in [0.1, 0.15) is 33.5 Å². The fourth-order valence-electron chi connectivity index (χ4n) is 4.46. The van der Waals surface area contributed by atoms with Crippen LogP contribution < -0.4 is 10.1 Å². The molecule has 0 aliphatic carbocycles. The second-order valence-electron chi connectivity index (χ2n) is 9.68. The molecular formula is C33H33NO5S. The summed E-state index contributed by atoms with van der Waals surface area (Å²) in [5.41, 5.74) is 5.32. The average Bonchev–Trinajstić information content (AvgIpc) is 2.95. The molecule has 2 atom stereocenters. The molecule has 2 N–H and O–H groups in total. The van der Waals surface area contributed by atoms with Gasteiger partial charge in [-0.1, -0.05) is 77.9 Å². The number of hydrogen-bond acceptors (Lipinski definition) is 4. The molecule has 1 amide bonds. The third-order valence-corrected chi connectivity index (χ3v) is 7.48. The molecule has 2 unspecified atom stereocenters. The molecule has 206 valence electrons. The van der Waals surface area contributed by atoms with E-state index in [1.165, 1.54) is 6.26 Å². The Hall–Kier alpha value is -4.07. The van der Waals surface area contributed by atoms with E-state index in [1.54, 1.807) is 6.07 Å². The van der Waals surface area contributed by atoms with Crippen molar-refractivity contribution in [1.82, 2.24) is 5.32 Å². The maximum atomic E-state index is 13.3. The second kappa shape index (κ2) is 13.8. The molecule has 4 aromatic rings. The Bertz CT molecular complexity index is 1440. The highest BCUT2D eigenvalue weighted by molar-refractivity contribution is 7.90. The first-order valence-electron chi connectivity index (χ1n) is 13.1. The molecule has 7 heteroatoms. The lowest BCUT2D eigenvalue weighted by molar-refractivity contribution is -0.139. The van der Waals surface area contributed by atoms with Crippen LogP contribution >= 0.6 is 0 Å². The monoisotopic (exact) mass is 555 g/mol. The van der Waals surface area contributed by atoms with Crippen LogP contribution in [0, 0.1) is 6.92 Å². The fourth-order valence-corrected chi connectivity index (χ4v) is 5.03.